The van der Waals surface area contributed by atoms with E-state index in [0.717, 1.165) is 23.7 Å². The number of rotatable bonds is 2. The van der Waals surface area contributed by atoms with E-state index in [1.165, 1.54) is 0 Å². The third-order valence-corrected chi connectivity index (χ3v) is 4.23. The highest BCUT2D eigenvalue weighted by atomic mass is 16.2. The molecule has 4 rings (SSSR count). The van der Waals surface area contributed by atoms with E-state index in [1.807, 2.05) is 52.2 Å². The normalized spacial score (nSPS) is 18.0. The van der Waals surface area contributed by atoms with Crippen LogP contribution in [0.15, 0.2) is 55.0 Å². The minimum Gasteiger partial charge on any atom is -0.335 e. The fourth-order valence-corrected chi connectivity index (χ4v) is 3.08. The average molecular weight is 292 g/mol. The predicted octanol–water partition coefficient (Wildman–Crippen LogP) is 2.52. The first-order valence-corrected chi connectivity index (χ1v) is 7.45. The van der Waals surface area contributed by atoms with Crippen LogP contribution in [-0.2, 0) is 0 Å². The van der Waals surface area contributed by atoms with Gasteiger partial charge < -0.3 is 4.90 Å². The Labute approximate surface area is 128 Å². The van der Waals surface area contributed by atoms with Crippen LogP contribution < -0.4 is 0 Å². The molecule has 3 aromatic rings. The van der Waals surface area contributed by atoms with Gasteiger partial charge in [0.25, 0.3) is 5.91 Å². The molecule has 5 nitrogen and oxygen atoms in total. The first-order valence-electron chi connectivity index (χ1n) is 7.45. The van der Waals surface area contributed by atoms with Gasteiger partial charge in [0.2, 0.25) is 0 Å². The van der Waals surface area contributed by atoms with Gasteiger partial charge in [-0.25, -0.2) is 0 Å². The molecular formula is C17H16N4O. The van der Waals surface area contributed by atoms with Crippen LogP contribution in [0.5, 0.6) is 0 Å². The first kappa shape index (κ1) is 13.0. The quantitative estimate of drug-likeness (QED) is 0.729. The summed E-state index contributed by atoms with van der Waals surface area (Å²) in [5, 5.41) is 6.24. The van der Waals surface area contributed by atoms with Gasteiger partial charge in [-0.3, -0.25) is 14.5 Å². The molecule has 0 radical (unpaired) electrons. The lowest BCUT2D eigenvalue weighted by atomic mass is 10.1. The van der Waals surface area contributed by atoms with Gasteiger partial charge >= 0.3 is 0 Å². The van der Waals surface area contributed by atoms with E-state index >= 15 is 0 Å². The fraction of sp³-hybridized carbons (Fsp3) is 0.235. The second-order valence-electron chi connectivity index (χ2n) is 5.56. The van der Waals surface area contributed by atoms with Crippen LogP contribution in [0.2, 0.25) is 0 Å². The lowest BCUT2D eigenvalue weighted by Crippen LogP contribution is -2.30. The summed E-state index contributed by atoms with van der Waals surface area (Å²) in [6.45, 7) is 1.43. The number of carbonyl (C=O) groups excluding carboxylic acids is 1. The van der Waals surface area contributed by atoms with E-state index in [2.05, 4.69) is 10.1 Å². The van der Waals surface area contributed by atoms with E-state index < -0.39 is 0 Å². The summed E-state index contributed by atoms with van der Waals surface area (Å²) < 4.78 is 1.93. The molecule has 1 saturated heterocycles. The van der Waals surface area contributed by atoms with Crippen molar-refractivity contribution in [3.8, 4) is 0 Å². The number of hydrogen-bond donors (Lipinski definition) is 0. The molecule has 0 bridgehead atoms. The second-order valence-corrected chi connectivity index (χ2v) is 5.56. The zero-order valence-corrected chi connectivity index (χ0v) is 12.1. The van der Waals surface area contributed by atoms with Crippen molar-refractivity contribution in [2.75, 3.05) is 13.1 Å². The number of hydrogen-bond acceptors (Lipinski definition) is 3. The Kier molecular flexibility index (Phi) is 3.11. The molecule has 5 heteroatoms. The van der Waals surface area contributed by atoms with Crippen molar-refractivity contribution in [1.82, 2.24) is 19.7 Å². The predicted molar refractivity (Wildman–Crippen MR) is 83.5 cm³/mol. The Bertz CT molecular complexity index is 807. The smallest absolute Gasteiger partial charge is 0.273 e. The van der Waals surface area contributed by atoms with Crippen LogP contribution in [0.4, 0.5) is 0 Å². The molecule has 0 saturated carbocycles. The maximum atomic E-state index is 12.8. The van der Waals surface area contributed by atoms with E-state index in [1.54, 1.807) is 12.4 Å². The molecule has 1 fully saturated rings. The summed E-state index contributed by atoms with van der Waals surface area (Å²) in [6, 6.07) is 12.0. The van der Waals surface area contributed by atoms with Crippen LogP contribution in [0.25, 0.3) is 10.8 Å². The SMILES string of the molecule is O=C(c1nccc2ccccc12)N1CCC(n2cccn2)C1. The van der Waals surface area contributed by atoms with Crippen LogP contribution in [0.1, 0.15) is 23.0 Å². The van der Waals surface area contributed by atoms with Crippen molar-refractivity contribution < 1.29 is 4.79 Å². The van der Waals surface area contributed by atoms with Crippen LogP contribution >= 0.6 is 0 Å². The van der Waals surface area contributed by atoms with Gasteiger partial charge in [0.1, 0.15) is 5.69 Å². The Morgan fingerprint density at radius 2 is 2.05 bits per heavy atom. The highest BCUT2D eigenvalue weighted by Crippen LogP contribution is 2.24. The molecule has 1 aliphatic heterocycles. The molecule has 1 atom stereocenters. The highest BCUT2D eigenvalue weighted by Gasteiger charge is 2.29. The molecule has 1 amide bonds. The number of fused-ring (bicyclic) bond motifs is 1. The van der Waals surface area contributed by atoms with Crippen LogP contribution in [-0.4, -0.2) is 38.7 Å². The largest absolute Gasteiger partial charge is 0.335 e. The van der Waals surface area contributed by atoms with Crippen molar-refractivity contribution in [2.24, 2.45) is 0 Å². The van der Waals surface area contributed by atoms with Crippen molar-refractivity contribution in [3.05, 3.63) is 60.7 Å². The Morgan fingerprint density at radius 3 is 2.91 bits per heavy atom. The lowest BCUT2D eigenvalue weighted by molar-refractivity contribution is 0.0783. The molecule has 1 aromatic carbocycles. The van der Waals surface area contributed by atoms with Crippen molar-refractivity contribution in [2.45, 2.75) is 12.5 Å². The third kappa shape index (κ3) is 2.15. The Balaban J connectivity index is 1.62. The van der Waals surface area contributed by atoms with Gasteiger partial charge in [-0.05, 0) is 23.9 Å². The Hall–Kier alpha value is -2.69. The molecule has 110 valence electrons. The maximum absolute atomic E-state index is 12.8. The van der Waals surface area contributed by atoms with Gasteiger partial charge in [0, 0.05) is 37.1 Å². The van der Waals surface area contributed by atoms with Crippen LogP contribution in [0.3, 0.4) is 0 Å². The summed E-state index contributed by atoms with van der Waals surface area (Å²) >= 11 is 0. The van der Waals surface area contributed by atoms with Gasteiger partial charge in [0.15, 0.2) is 0 Å². The van der Waals surface area contributed by atoms with Crippen molar-refractivity contribution in [3.63, 3.8) is 0 Å². The van der Waals surface area contributed by atoms with E-state index in [0.29, 0.717) is 12.2 Å². The summed E-state index contributed by atoms with van der Waals surface area (Å²) in [4.78, 5) is 19.0. The molecule has 0 aliphatic carbocycles. The zero-order valence-electron chi connectivity index (χ0n) is 12.1. The molecule has 0 N–H and O–H groups in total. The van der Waals surface area contributed by atoms with E-state index in [-0.39, 0.29) is 11.9 Å². The van der Waals surface area contributed by atoms with Gasteiger partial charge in [-0.1, -0.05) is 24.3 Å². The summed E-state index contributed by atoms with van der Waals surface area (Å²) in [7, 11) is 0. The Morgan fingerprint density at radius 1 is 1.14 bits per heavy atom. The monoisotopic (exact) mass is 292 g/mol. The third-order valence-electron chi connectivity index (χ3n) is 4.23. The number of aromatic nitrogens is 3. The minimum absolute atomic E-state index is 0.00598. The minimum atomic E-state index is 0.00598. The first-order chi connectivity index (χ1) is 10.8. The molecule has 1 aliphatic rings. The number of nitrogens with zero attached hydrogens (tertiary/aromatic N) is 4. The zero-order chi connectivity index (χ0) is 14.9. The maximum Gasteiger partial charge on any atom is 0.273 e. The fourth-order valence-electron chi connectivity index (χ4n) is 3.08. The molecule has 2 aromatic heterocycles. The summed E-state index contributed by atoms with van der Waals surface area (Å²) in [6.07, 6.45) is 6.36. The summed E-state index contributed by atoms with van der Waals surface area (Å²) in [5.74, 6) is 0.00598. The topological polar surface area (TPSA) is 51.0 Å². The number of likely N-dealkylation sites (tertiary alicyclic amines) is 1. The average Bonchev–Trinajstić information content (AvgIpc) is 3.24. The number of benzene rings is 1. The molecular weight excluding hydrogens is 276 g/mol. The standard InChI is InChI=1S/C17H16N4O/c22-17(16-15-5-2-1-4-13(15)6-9-18-16)20-11-7-14(12-20)21-10-3-8-19-21/h1-6,8-10,14H,7,11-12H2. The van der Waals surface area contributed by atoms with Gasteiger partial charge in [-0.15, -0.1) is 0 Å². The van der Waals surface area contributed by atoms with Gasteiger partial charge in [-0.2, -0.15) is 5.10 Å². The molecule has 22 heavy (non-hydrogen) atoms. The molecule has 1 unspecified atom stereocenters. The van der Waals surface area contributed by atoms with Crippen LogP contribution in [0, 0.1) is 0 Å². The second kappa shape index (κ2) is 5.26. The van der Waals surface area contributed by atoms with Crippen molar-refractivity contribution >= 4 is 16.7 Å². The summed E-state index contributed by atoms with van der Waals surface area (Å²) in [5.41, 5.74) is 0.541. The molecule has 3 heterocycles. The highest BCUT2D eigenvalue weighted by molar-refractivity contribution is 6.05. The number of pyridine rings is 1. The van der Waals surface area contributed by atoms with E-state index in [9.17, 15) is 4.79 Å². The van der Waals surface area contributed by atoms with Gasteiger partial charge in [0.05, 0.1) is 6.04 Å². The number of carbonyl (C=O) groups is 1. The number of amides is 1. The molecule has 0 spiro atoms. The van der Waals surface area contributed by atoms with E-state index in [4.69, 9.17) is 0 Å². The lowest BCUT2D eigenvalue weighted by Gasteiger charge is -2.17. The van der Waals surface area contributed by atoms with Crippen molar-refractivity contribution in [1.29, 1.82) is 0 Å².